The zero-order valence-electron chi connectivity index (χ0n) is 20.1. The van der Waals surface area contributed by atoms with E-state index in [1.165, 1.54) is 0 Å². The number of nitrogens with zero attached hydrogens (tertiary/aromatic N) is 4. The van der Waals surface area contributed by atoms with Crippen LogP contribution in [0.25, 0.3) is 0 Å². The maximum absolute atomic E-state index is 8.80. The summed E-state index contributed by atoms with van der Waals surface area (Å²) in [5, 5.41) is 8.80. The van der Waals surface area contributed by atoms with Crippen LogP contribution >= 0.6 is 0 Å². The summed E-state index contributed by atoms with van der Waals surface area (Å²) in [5.74, 6) is 9.31. The average molecular weight is 457 g/mol. The topological polar surface area (TPSA) is 61.1 Å². The Kier molecular flexibility index (Phi) is 7.85. The molecule has 0 N–H and O–H groups in total. The first-order valence-electron chi connectivity index (χ1n) is 12.1. The Bertz CT molecular complexity index is 1110. The van der Waals surface area contributed by atoms with E-state index >= 15 is 0 Å². The molecule has 0 unspecified atom stereocenters. The number of nitriles is 1. The van der Waals surface area contributed by atoms with Crippen LogP contribution in [0.15, 0.2) is 53.5 Å². The van der Waals surface area contributed by atoms with Gasteiger partial charge in [-0.3, -0.25) is 4.90 Å². The SMILES string of the molecule is CCC(C#CCN1CCN(C2=Nc3ccccc3Oc3ccccc32)CC1)(CC)OCCC#N. The summed E-state index contributed by atoms with van der Waals surface area (Å²) in [4.78, 5) is 9.74. The summed E-state index contributed by atoms with van der Waals surface area (Å²) in [7, 11) is 0. The molecule has 4 rings (SSSR count). The van der Waals surface area contributed by atoms with Crippen LogP contribution in [0.4, 0.5) is 5.69 Å². The first kappa shape index (κ1) is 23.8. The molecule has 0 spiro atoms. The summed E-state index contributed by atoms with van der Waals surface area (Å²) < 4.78 is 12.2. The van der Waals surface area contributed by atoms with Crippen molar-refractivity contribution in [3.63, 3.8) is 0 Å². The molecule has 2 aliphatic heterocycles. The number of aliphatic imine (C=N–C) groups is 1. The zero-order chi connectivity index (χ0) is 23.8. The predicted octanol–water partition coefficient (Wildman–Crippen LogP) is 4.98. The Morgan fingerprint density at radius 2 is 1.71 bits per heavy atom. The van der Waals surface area contributed by atoms with Gasteiger partial charge in [0.15, 0.2) is 5.75 Å². The van der Waals surface area contributed by atoms with Crippen LogP contribution in [0.1, 0.15) is 38.7 Å². The molecule has 34 heavy (non-hydrogen) atoms. The third kappa shape index (κ3) is 5.42. The highest BCUT2D eigenvalue weighted by Crippen LogP contribution is 2.37. The summed E-state index contributed by atoms with van der Waals surface area (Å²) in [5.41, 5.74) is 1.43. The van der Waals surface area contributed by atoms with Crippen molar-refractivity contribution in [1.82, 2.24) is 9.80 Å². The van der Waals surface area contributed by atoms with Gasteiger partial charge in [0, 0.05) is 26.2 Å². The van der Waals surface area contributed by atoms with Gasteiger partial charge in [-0.1, -0.05) is 50.0 Å². The largest absolute Gasteiger partial charge is 0.454 e. The Morgan fingerprint density at radius 1 is 1.00 bits per heavy atom. The smallest absolute Gasteiger partial charge is 0.153 e. The first-order valence-corrected chi connectivity index (χ1v) is 12.1. The Hall–Kier alpha value is -3.32. The van der Waals surface area contributed by atoms with Gasteiger partial charge in [0.1, 0.15) is 22.9 Å². The number of benzene rings is 2. The fourth-order valence-corrected chi connectivity index (χ4v) is 4.30. The van der Waals surface area contributed by atoms with Crippen molar-refractivity contribution in [2.75, 3.05) is 39.3 Å². The van der Waals surface area contributed by atoms with Crippen LogP contribution in [-0.2, 0) is 4.74 Å². The Labute approximate surface area is 202 Å². The lowest BCUT2D eigenvalue weighted by atomic mass is 9.98. The molecule has 2 aliphatic rings. The van der Waals surface area contributed by atoms with E-state index in [1.54, 1.807) is 0 Å². The van der Waals surface area contributed by atoms with Crippen LogP contribution in [-0.4, -0.2) is 60.6 Å². The number of ether oxygens (including phenoxy) is 2. The number of para-hydroxylation sites is 3. The summed E-state index contributed by atoms with van der Waals surface area (Å²) >= 11 is 0. The third-order valence-corrected chi connectivity index (χ3v) is 6.46. The number of hydrogen-bond acceptors (Lipinski definition) is 6. The summed E-state index contributed by atoms with van der Waals surface area (Å²) in [6, 6.07) is 18.2. The van der Waals surface area contributed by atoms with Crippen molar-refractivity contribution in [2.24, 2.45) is 4.99 Å². The van der Waals surface area contributed by atoms with Crippen LogP contribution < -0.4 is 4.74 Å². The number of rotatable bonds is 6. The molecule has 2 aromatic rings. The van der Waals surface area contributed by atoms with E-state index in [9.17, 15) is 0 Å². The van der Waals surface area contributed by atoms with E-state index in [-0.39, 0.29) is 0 Å². The molecule has 0 atom stereocenters. The van der Waals surface area contributed by atoms with Gasteiger partial charge in [-0.05, 0) is 37.1 Å². The Balaban J connectivity index is 1.43. The lowest BCUT2D eigenvalue weighted by molar-refractivity contribution is -0.00334. The lowest BCUT2D eigenvalue weighted by Crippen LogP contribution is -2.49. The Morgan fingerprint density at radius 3 is 2.44 bits per heavy atom. The minimum atomic E-state index is -0.454. The molecule has 176 valence electrons. The van der Waals surface area contributed by atoms with E-state index in [4.69, 9.17) is 19.7 Å². The summed E-state index contributed by atoms with van der Waals surface area (Å²) in [6.45, 7) is 8.92. The highest BCUT2D eigenvalue weighted by Gasteiger charge is 2.26. The number of hydrogen-bond donors (Lipinski definition) is 0. The second-order valence-electron chi connectivity index (χ2n) is 8.52. The third-order valence-electron chi connectivity index (χ3n) is 6.46. The molecule has 0 saturated carbocycles. The van der Waals surface area contributed by atoms with Gasteiger partial charge in [0.05, 0.1) is 31.2 Å². The maximum atomic E-state index is 8.80. The molecule has 0 radical (unpaired) electrons. The maximum Gasteiger partial charge on any atom is 0.153 e. The van der Waals surface area contributed by atoms with Gasteiger partial charge in [-0.15, -0.1) is 0 Å². The fourth-order valence-electron chi connectivity index (χ4n) is 4.30. The van der Waals surface area contributed by atoms with Crippen molar-refractivity contribution in [3.05, 3.63) is 54.1 Å². The molecule has 1 fully saturated rings. The fraction of sp³-hybridized carbons (Fsp3) is 0.429. The van der Waals surface area contributed by atoms with Crippen molar-refractivity contribution >= 4 is 11.5 Å². The molecule has 2 heterocycles. The molecule has 0 amide bonds. The molecule has 0 aliphatic carbocycles. The quantitative estimate of drug-likeness (QED) is 0.453. The van der Waals surface area contributed by atoms with Crippen LogP contribution in [0.3, 0.4) is 0 Å². The van der Waals surface area contributed by atoms with E-state index in [2.05, 4.69) is 47.6 Å². The number of fused-ring (bicyclic) bond motifs is 2. The summed E-state index contributed by atoms with van der Waals surface area (Å²) in [6.07, 6.45) is 2.03. The molecule has 6 nitrogen and oxygen atoms in total. The minimum absolute atomic E-state index is 0.397. The molecule has 1 saturated heterocycles. The zero-order valence-corrected chi connectivity index (χ0v) is 20.1. The van der Waals surface area contributed by atoms with Crippen LogP contribution in [0.2, 0.25) is 0 Å². The van der Waals surface area contributed by atoms with Crippen LogP contribution in [0, 0.1) is 23.2 Å². The van der Waals surface area contributed by atoms with Crippen molar-refractivity contribution in [2.45, 2.75) is 38.7 Å². The second kappa shape index (κ2) is 11.2. The number of amidine groups is 1. The van der Waals surface area contributed by atoms with Gasteiger partial charge >= 0.3 is 0 Å². The minimum Gasteiger partial charge on any atom is -0.454 e. The van der Waals surface area contributed by atoms with Crippen molar-refractivity contribution in [3.8, 4) is 29.4 Å². The number of piperazine rings is 1. The van der Waals surface area contributed by atoms with Gasteiger partial charge in [0.25, 0.3) is 0 Å². The van der Waals surface area contributed by atoms with Gasteiger partial charge in [-0.2, -0.15) is 5.26 Å². The van der Waals surface area contributed by atoms with E-state index in [0.717, 1.165) is 67.6 Å². The predicted molar refractivity (Wildman–Crippen MR) is 134 cm³/mol. The van der Waals surface area contributed by atoms with E-state index < -0.39 is 5.60 Å². The monoisotopic (exact) mass is 456 g/mol. The normalized spacial score (nSPS) is 15.6. The molecule has 0 aromatic heterocycles. The standard InChI is InChI=1S/C28H32N4O2/c1-3-28(4-2,33-22-10-16-29)15-9-17-31-18-20-32(21-19-31)27-23-11-5-7-13-25(23)34-26-14-8-6-12-24(26)30-27/h5-8,11-14H,3-4,10,17-22H2,1-2H3. The average Bonchev–Trinajstić information content (AvgIpc) is 3.05. The lowest BCUT2D eigenvalue weighted by Gasteiger charge is -2.35. The van der Waals surface area contributed by atoms with E-state index in [0.29, 0.717) is 19.6 Å². The second-order valence-corrected chi connectivity index (χ2v) is 8.52. The molecular weight excluding hydrogens is 424 g/mol. The molecule has 0 bridgehead atoms. The van der Waals surface area contributed by atoms with Gasteiger partial charge < -0.3 is 14.4 Å². The first-order chi connectivity index (χ1) is 16.7. The molecule has 2 aromatic carbocycles. The van der Waals surface area contributed by atoms with Gasteiger partial charge in [0.2, 0.25) is 0 Å². The molecular formula is C28H32N4O2. The van der Waals surface area contributed by atoms with Crippen LogP contribution in [0.5, 0.6) is 11.5 Å². The highest BCUT2D eigenvalue weighted by atomic mass is 16.5. The van der Waals surface area contributed by atoms with Crippen molar-refractivity contribution < 1.29 is 9.47 Å². The van der Waals surface area contributed by atoms with Crippen molar-refractivity contribution in [1.29, 1.82) is 5.26 Å². The van der Waals surface area contributed by atoms with Gasteiger partial charge in [-0.25, -0.2) is 4.99 Å². The highest BCUT2D eigenvalue weighted by molar-refractivity contribution is 6.03. The molecule has 6 heteroatoms. The van der Waals surface area contributed by atoms with E-state index in [1.807, 2.05) is 42.5 Å².